The van der Waals surface area contributed by atoms with E-state index in [4.69, 9.17) is 4.74 Å². The Morgan fingerprint density at radius 2 is 2.40 bits per heavy atom. The number of aromatic nitrogens is 4. The van der Waals surface area contributed by atoms with Gasteiger partial charge in [-0.1, -0.05) is 6.92 Å². The van der Waals surface area contributed by atoms with E-state index in [1.165, 1.54) is 23.9 Å². The maximum absolute atomic E-state index is 12.4. The number of ether oxygens (including phenoxy) is 1. The second-order valence-electron chi connectivity index (χ2n) is 6.48. The van der Waals surface area contributed by atoms with Gasteiger partial charge in [0.2, 0.25) is 5.91 Å². The number of carbonyl (C=O) groups excluding carboxylic acids is 1. The molecule has 1 fully saturated rings. The number of nitrogens with zero attached hydrogens (tertiary/aromatic N) is 4. The maximum Gasteiger partial charge on any atom is 0.224 e. The Labute approximate surface area is 146 Å². The molecule has 0 bridgehead atoms. The molecule has 2 aromatic rings. The van der Waals surface area contributed by atoms with E-state index in [9.17, 15) is 4.79 Å². The third-order valence-corrected chi connectivity index (χ3v) is 4.71. The van der Waals surface area contributed by atoms with Crippen LogP contribution in [-0.4, -0.2) is 46.3 Å². The Kier molecular flexibility index (Phi) is 5.60. The van der Waals surface area contributed by atoms with Crippen LogP contribution in [0.15, 0.2) is 24.5 Å². The second kappa shape index (κ2) is 8.06. The molecule has 25 heavy (non-hydrogen) atoms. The van der Waals surface area contributed by atoms with Gasteiger partial charge in [0.1, 0.15) is 17.8 Å². The normalized spacial score (nSPS) is 18.6. The summed E-state index contributed by atoms with van der Waals surface area (Å²) in [4.78, 5) is 12.4. The molecule has 1 aliphatic rings. The maximum atomic E-state index is 12.4. The van der Waals surface area contributed by atoms with Crippen LogP contribution in [0.5, 0.6) is 5.75 Å². The van der Waals surface area contributed by atoms with E-state index >= 15 is 0 Å². The molecule has 0 radical (unpaired) electrons. The van der Waals surface area contributed by atoms with Crippen molar-refractivity contribution in [1.29, 1.82) is 0 Å². The molecule has 8 heteroatoms. The van der Waals surface area contributed by atoms with Crippen LogP contribution in [0.25, 0.3) is 5.69 Å². The Hall–Kier alpha value is -2.48. The first kappa shape index (κ1) is 17.3. The van der Waals surface area contributed by atoms with Gasteiger partial charge in [-0.25, -0.2) is 0 Å². The second-order valence-corrected chi connectivity index (χ2v) is 6.48. The van der Waals surface area contributed by atoms with Crippen molar-refractivity contribution < 1.29 is 9.53 Å². The molecular formula is C17H24N6O2. The molecule has 1 amide bonds. The summed E-state index contributed by atoms with van der Waals surface area (Å²) in [7, 11) is 1.58. The van der Waals surface area contributed by atoms with E-state index in [0.717, 1.165) is 13.1 Å². The molecule has 134 valence electrons. The highest BCUT2D eigenvalue weighted by Gasteiger charge is 2.22. The molecule has 2 heterocycles. The fraction of sp³-hybridized carbons (Fsp3) is 0.529. The zero-order chi connectivity index (χ0) is 17.6. The van der Waals surface area contributed by atoms with Gasteiger partial charge in [-0.15, -0.1) is 5.10 Å². The van der Waals surface area contributed by atoms with Gasteiger partial charge < -0.3 is 15.4 Å². The highest BCUT2D eigenvalue weighted by atomic mass is 16.5. The van der Waals surface area contributed by atoms with Crippen LogP contribution in [0.4, 0.5) is 5.69 Å². The van der Waals surface area contributed by atoms with Gasteiger partial charge in [0.25, 0.3) is 0 Å². The summed E-state index contributed by atoms with van der Waals surface area (Å²) in [5, 5.41) is 17.5. The zero-order valence-electron chi connectivity index (χ0n) is 14.6. The zero-order valence-corrected chi connectivity index (χ0v) is 14.6. The van der Waals surface area contributed by atoms with Crippen LogP contribution >= 0.6 is 0 Å². The summed E-state index contributed by atoms with van der Waals surface area (Å²) >= 11 is 0. The molecule has 1 saturated heterocycles. The Morgan fingerprint density at radius 1 is 1.52 bits per heavy atom. The van der Waals surface area contributed by atoms with E-state index in [-0.39, 0.29) is 5.91 Å². The summed E-state index contributed by atoms with van der Waals surface area (Å²) in [6.45, 7) is 4.24. The Bertz CT molecular complexity index is 697. The van der Waals surface area contributed by atoms with Gasteiger partial charge in [0, 0.05) is 12.1 Å². The van der Waals surface area contributed by atoms with E-state index in [0.29, 0.717) is 35.4 Å². The third-order valence-electron chi connectivity index (χ3n) is 4.71. The van der Waals surface area contributed by atoms with E-state index in [2.05, 4.69) is 33.1 Å². The number of anilines is 1. The van der Waals surface area contributed by atoms with Crippen molar-refractivity contribution >= 4 is 11.6 Å². The number of nitrogens with one attached hydrogen (secondary N) is 2. The number of benzene rings is 1. The van der Waals surface area contributed by atoms with Gasteiger partial charge in [-0.05, 0) is 66.4 Å². The summed E-state index contributed by atoms with van der Waals surface area (Å²) in [6, 6.07) is 5.42. The predicted octanol–water partition coefficient (Wildman–Crippen LogP) is 1.64. The van der Waals surface area contributed by atoms with E-state index < -0.39 is 0 Å². The lowest BCUT2D eigenvalue weighted by Crippen LogP contribution is -2.34. The van der Waals surface area contributed by atoms with Crippen molar-refractivity contribution in [3.05, 3.63) is 24.5 Å². The molecule has 8 nitrogen and oxygen atoms in total. The Balaban J connectivity index is 1.66. The van der Waals surface area contributed by atoms with Crippen molar-refractivity contribution in [2.24, 2.45) is 11.8 Å². The number of carbonyl (C=O) groups is 1. The first-order chi connectivity index (χ1) is 12.2. The summed E-state index contributed by atoms with van der Waals surface area (Å²) in [5.41, 5.74) is 1.38. The number of piperidine rings is 1. The number of rotatable bonds is 6. The van der Waals surface area contributed by atoms with Gasteiger partial charge in [-0.2, -0.15) is 4.68 Å². The topological polar surface area (TPSA) is 94.0 Å². The smallest absolute Gasteiger partial charge is 0.224 e. The van der Waals surface area contributed by atoms with Crippen LogP contribution in [0.3, 0.4) is 0 Å². The highest BCUT2D eigenvalue weighted by Crippen LogP contribution is 2.27. The van der Waals surface area contributed by atoms with E-state index in [1.807, 2.05) is 6.07 Å². The molecule has 3 rings (SSSR count). The Morgan fingerprint density at radius 3 is 3.08 bits per heavy atom. The average Bonchev–Trinajstić information content (AvgIpc) is 3.17. The number of tetrazole rings is 1. The quantitative estimate of drug-likeness (QED) is 0.827. The minimum Gasteiger partial charge on any atom is -0.494 e. The molecular weight excluding hydrogens is 320 g/mol. The molecule has 2 atom stereocenters. The van der Waals surface area contributed by atoms with Crippen LogP contribution in [0.2, 0.25) is 0 Å². The van der Waals surface area contributed by atoms with Crippen molar-refractivity contribution in [3.63, 3.8) is 0 Å². The van der Waals surface area contributed by atoms with Crippen LogP contribution in [0, 0.1) is 11.8 Å². The first-order valence-corrected chi connectivity index (χ1v) is 8.59. The molecule has 0 saturated carbocycles. The average molecular weight is 344 g/mol. The van der Waals surface area contributed by atoms with Gasteiger partial charge in [0.15, 0.2) is 0 Å². The lowest BCUT2D eigenvalue weighted by atomic mass is 9.85. The lowest BCUT2D eigenvalue weighted by Gasteiger charge is -2.28. The molecule has 2 unspecified atom stereocenters. The van der Waals surface area contributed by atoms with Crippen LogP contribution < -0.4 is 15.4 Å². The lowest BCUT2D eigenvalue weighted by molar-refractivity contribution is -0.117. The van der Waals surface area contributed by atoms with Crippen LogP contribution in [-0.2, 0) is 4.79 Å². The summed E-state index contributed by atoms with van der Waals surface area (Å²) < 4.78 is 6.84. The SMILES string of the molecule is COc1ccc(NC(=O)CC(C)C2CCCNC2)cc1-n1cnnn1. The largest absolute Gasteiger partial charge is 0.494 e. The molecule has 2 N–H and O–H groups in total. The molecule has 1 aromatic carbocycles. The molecule has 1 aliphatic heterocycles. The number of hydrogen-bond donors (Lipinski definition) is 2. The number of hydrogen-bond acceptors (Lipinski definition) is 6. The van der Waals surface area contributed by atoms with Gasteiger partial charge in [0.05, 0.1) is 7.11 Å². The molecule has 1 aromatic heterocycles. The van der Waals surface area contributed by atoms with Crippen molar-refractivity contribution in [3.8, 4) is 11.4 Å². The monoisotopic (exact) mass is 344 g/mol. The first-order valence-electron chi connectivity index (χ1n) is 8.59. The van der Waals surface area contributed by atoms with Crippen molar-refractivity contribution in [2.45, 2.75) is 26.2 Å². The highest BCUT2D eigenvalue weighted by molar-refractivity contribution is 5.91. The fourth-order valence-corrected chi connectivity index (χ4v) is 3.25. The summed E-state index contributed by atoms with van der Waals surface area (Å²) in [5.74, 6) is 1.56. The van der Waals surface area contributed by atoms with Crippen LogP contribution in [0.1, 0.15) is 26.2 Å². The van der Waals surface area contributed by atoms with Crippen molar-refractivity contribution in [1.82, 2.24) is 25.5 Å². The molecule has 0 aliphatic carbocycles. The standard InChI is InChI=1S/C17H24N6O2/c1-12(13-4-3-7-18-10-13)8-17(24)20-14-5-6-16(25-2)15(9-14)23-11-19-21-22-23/h5-6,9,11-13,18H,3-4,7-8,10H2,1-2H3,(H,20,24). The number of methoxy groups -OCH3 is 1. The minimum absolute atomic E-state index is 0.0194. The van der Waals surface area contributed by atoms with Gasteiger partial charge in [-0.3, -0.25) is 4.79 Å². The molecule has 0 spiro atoms. The predicted molar refractivity (Wildman–Crippen MR) is 93.7 cm³/mol. The van der Waals surface area contributed by atoms with Gasteiger partial charge >= 0.3 is 0 Å². The van der Waals surface area contributed by atoms with E-state index in [1.54, 1.807) is 19.2 Å². The third kappa shape index (κ3) is 4.33. The number of amides is 1. The fourth-order valence-electron chi connectivity index (χ4n) is 3.25. The summed E-state index contributed by atoms with van der Waals surface area (Å²) in [6.07, 6.45) is 4.37. The van der Waals surface area contributed by atoms with Crippen molar-refractivity contribution in [2.75, 3.05) is 25.5 Å². The minimum atomic E-state index is 0.0194.